The second-order valence-electron chi connectivity index (χ2n) is 3.87. The number of carbonyl (C=O) groups is 1. The summed E-state index contributed by atoms with van der Waals surface area (Å²) < 4.78 is 35.4. The maximum atomic E-state index is 11.8. The molecule has 2 unspecified atom stereocenters. The minimum Gasteiger partial charge on any atom is -0.356 e. The van der Waals surface area contributed by atoms with Crippen LogP contribution in [0.3, 0.4) is 0 Å². The summed E-state index contributed by atoms with van der Waals surface area (Å²) in [5.74, 6) is -0.618. The molecule has 0 heterocycles. The molecule has 0 aromatic heterocycles. The van der Waals surface area contributed by atoms with Gasteiger partial charge in [-0.2, -0.15) is 13.2 Å². The van der Waals surface area contributed by atoms with Crippen molar-refractivity contribution in [3.05, 3.63) is 0 Å². The summed E-state index contributed by atoms with van der Waals surface area (Å²) in [6, 6.07) is 0. The van der Waals surface area contributed by atoms with Crippen LogP contribution in [0.15, 0.2) is 0 Å². The molecular weight excluding hydrogens is 275 g/mol. The van der Waals surface area contributed by atoms with E-state index in [4.69, 9.17) is 0 Å². The van der Waals surface area contributed by atoms with Crippen molar-refractivity contribution in [3.8, 4) is 0 Å². The fourth-order valence-electron chi connectivity index (χ4n) is 1.70. The van der Waals surface area contributed by atoms with Crippen LogP contribution in [0.4, 0.5) is 13.2 Å². The third kappa shape index (κ3) is 5.39. The van der Waals surface area contributed by atoms with Gasteiger partial charge in [-0.05, 0) is 25.2 Å². The molecule has 0 saturated heterocycles. The van der Waals surface area contributed by atoms with Crippen molar-refractivity contribution in [3.63, 3.8) is 0 Å². The molecule has 1 aliphatic carbocycles. The molecule has 0 aliphatic heterocycles. The summed E-state index contributed by atoms with van der Waals surface area (Å²) in [4.78, 5) is 11.3. The highest BCUT2D eigenvalue weighted by atomic mass is 79.9. The van der Waals surface area contributed by atoms with Gasteiger partial charge < -0.3 is 5.32 Å². The molecule has 1 saturated carbocycles. The first-order chi connectivity index (χ1) is 6.87. The predicted octanol–water partition coefficient (Wildman–Crippen LogP) is 2.62. The van der Waals surface area contributed by atoms with Gasteiger partial charge in [-0.3, -0.25) is 4.79 Å². The van der Waals surface area contributed by atoms with E-state index in [1.807, 2.05) is 0 Å². The lowest BCUT2D eigenvalue weighted by molar-refractivity contribution is -0.153. The van der Waals surface area contributed by atoms with E-state index in [2.05, 4.69) is 21.2 Å². The standard InChI is InChI=1S/C9H13BrF3NO/c10-7-2-1-6(3-7)5-14-8(15)4-9(11,12)13/h6-7H,1-5H2,(H,14,15). The van der Waals surface area contributed by atoms with Crippen molar-refractivity contribution in [2.24, 2.45) is 5.92 Å². The van der Waals surface area contributed by atoms with Gasteiger partial charge in [-0.1, -0.05) is 15.9 Å². The lowest BCUT2D eigenvalue weighted by Crippen LogP contribution is -2.32. The predicted molar refractivity (Wildman–Crippen MR) is 53.7 cm³/mol. The molecule has 1 N–H and O–H groups in total. The van der Waals surface area contributed by atoms with Crippen LogP contribution in [0.1, 0.15) is 25.7 Å². The molecule has 0 spiro atoms. The molecular formula is C9H13BrF3NO. The Morgan fingerprint density at radius 3 is 2.53 bits per heavy atom. The van der Waals surface area contributed by atoms with Gasteiger partial charge in [0.25, 0.3) is 0 Å². The molecule has 1 aliphatic rings. The third-order valence-electron chi connectivity index (χ3n) is 2.43. The molecule has 88 valence electrons. The van der Waals surface area contributed by atoms with Gasteiger partial charge in [-0.15, -0.1) is 0 Å². The van der Waals surface area contributed by atoms with Crippen molar-refractivity contribution in [1.82, 2.24) is 5.32 Å². The number of hydrogen-bond donors (Lipinski definition) is 1. The van der Waals surface area contributed by atoms with Crippen molar-refractivity contribution in [2.45, 2.75) is 36.7 Å². The highest BCUT2D eigenvalue weighted by Gasteiger charge is 2.31. The maximum Gasteiger partial charge on any atom is 0.397 e. The van der Waals surface area contributed by atoms with Gasteiger partial charge in [0.1, 0.15) is 6.42 Å². The minimum atomic E-state index is -4.41. The highest BCUT2D eigenvalue weighted by Crippen LogP contribution is 2.30. The van der Waals surface area contributed by atoms with Gasteiger partial charge >= 0.3 is 6.18 Å². The first-order valence-electron chi connectivity index (χ1n) is 4.84. The van der Waals surface area contributed by atoms with Gasteiger partial charge in [0.05, 0.1) is 0 Å². The first-order valence-corrected chi connectivity index (χ1v) is 5.76. The van der Waals surface area contributed by atoms with E-state index in [-0.39, 0.29) is 0 Å². The second-order valence-corrected chi connectivity index (χ2v) is 5.17. The fourth-order valence-corrected chi connectivity index (χ4v) is 2.50. The topological polar surface area (TPSA) is 29.1 Å². The third-order valence-corrected chi connectivity index (χ3v) is 3.26. The van der Waals surface area contributed by atoms with Crippen LogP contribution in [-0.4, -0.2) is 23.5 Å². The lowest BCUT2D eigenvalue weighted by atomic mass is 10.1. The molecule has 0 aromatic rings. The normalized spacial score (nSPS) is 26.7. The van der Waals surface area contributed by atoms with E-state index in [1.54, 1.807) is 0 Å². The number of amides is 1. The molecule has 1 rings (SSSR count). The second kappa shape index (κ2) is 5.18. The Bertz CT molecular complexity index is 232. The van der Waals surface area contributed by atoms with E-state index in [0.717, 1.165) is 19.3 Å². The summed E-state index contributed by atoms with van der Waals surface area (Å²) in [7, 11) is 0. The van der Waals surface area contributed by atoms with Crippen molar-refractivity contribution in [2.75, 3.05) is 6.54 Å². The van der Waals surface area contributed by atoms with Crippen LogP contribution in [0, 0.1) is 5.92 Å². The number of hydrogen-bond acceptors (Lipinski definition) is 1. The minimum absolute atomic E-state index is 0.312. The molecule has 2 atom stereocenters. The highest BCUT2D eigenvalue weighted by molar-refractivity contribution is 9.09. The molecule has 0 bridgehead atoms. The van der Waals surface area contributed by atoms with Crippen LogP contribution in [0.5, 0.6) is 0 Å². The maximum absolute atomic E-state index is 11.8. The zero-order valence-electron chi connectivity index (χ0n) is 8.11. The quantitative estimate of drug-likeness (QED) is 0.795. The summed E-state index contributed by atoms with van der Waals surface area (Å²) in [6.07, 6.45) is -2.87. The largest absolute Gasteiger partial charge is 0.397 e. The molecule has 2 nitrogen and oxygen atoms in total. The van der Waals surface area contributed by atoms with Crippen LogP contribution in [-0.2, 0) is 4.79 Å². The zero-order valence-corrected chi connectivity index (χ0v) is 9.70. The first kappa shape index (κ1) is 12.8. The molecule has 1 amide bonds. The fraction of sp³-hybridized carbons (Fsp3) is 0.889. The van der Waals surface area contributed by atoms with Crippen molar-refractivity contribution >= 4 is 21.8 Å². The Labute approximate surface area is 94.7 Å². The zero-order chi connectivity index (χ0) is 11.5. The summed E-state index contributed by atoms with van der Waals surface area (Å²) in [5, 5.41) is 2.32. The van der Waals surface area contributed by atoms with Crippen molar-refractivity contribution in [1.29, 1.82) is 0 Å². The molecule has 15 heavy (non-hydrogen) atoms. The summed E-state index contributed by atoms with van der Waals surface area (Å²) in [6.45, 7) is 0.358. The SMILES string of the molecule is O=C(CC(F)(F)F)NCC1CCC(Br)C1. The van der Waals surface area contributed by atoms with Crippen LogP contribution >= 0.6 is 15.9 Å². The van der Waals surface area contributed by atoms with E-state index in [9.17, 15) is 18.0 Å². The van der Waals surface area contributed by atoms with Crippen molar-refractivity contribution < 1.29 is 18.0 Å². The van der Waals surface area contributed by atoms with E-state index in [0.29, 0.717) is 17.3 Å². The van der Waals surface area contributed by atoms with Gasteiger partial charge in [0.15, 0.2) is 0 Å². The Hall–Kier alpha value is -0.260. The number of rotatable bonds is 3. The number of alkyl halides is 4. The molecule has 0 radical (unpaired) electrons. The Kier molecular flexibility index (Phi) is 4.43. The number of carbonyl (C=O) groups excluding carboxylic acids is 1. The van der Waals surface area contributed by atoms with Crippen LogP contribution < -0.4 is 5.32 Å². The number of nitrogens with one attached hydrogen (secondary N) is 1. The van der Waals surface area contributed by atoms with E-state index < -0.39 is 18.5 Å². The van der Waals surface area contributed by atoms with E-state index >= 15 is 0 Å². The average molecular weight is 288 g/mol. The summed E-state index contributed by atoms with van der Waals surface area (Å²) in [5.41, 5.74) is 0. The molecule has 1 fully saturated rings. The lowest BCUT2D eigenvalue weighted by Gasteiger charge is -2.11. The molecule has 0 aromatic carbocycles. The average Bonchev–Trinajstić information content (AvgIpc) is 2.45. The van der Waals surface area contributed by atoms with Gasteiger partial charge in [0, 0.05) is 11.4 Å². The Balaban J connectivity index is 2.17. The smallest absolute Gasteiger partial charge is 0.356 e. The van der Waals surface area contributed by atoms with Crippen LogP contribution in [0.25, 0.3) is 0 Å². The Morgan fingerprint density at radius 1 is 1.40 bits per heavy atom. The monoisotopic (exact) mass is 287 g/mol. The van der Waals surface area contributed by atoms with E-state index in [1.165, 1.54) is 0 Å². The van der Waals surface area contributed by atoms with Gasteiger partial charge in [-0.25, -0.2) is 0 Å². The summed E-state index contributed by atoms with van der Waals surface area (Å²) >= 11 is 3.44. The molecule has 6 heteroatoms. The number of halogens is 4. The van der Waals surface area contributed by atoms with Crippen LogP contribution in [0.2, 0.25) is 0 Å². The van der Waals surface area contributed by atoms with Gasteiger partial charge in [0.2, 0.25) is 5.91 Å². The Morgan fingerprint density at radius 2 is 2.07 bits per heavy atom.